The number of fused-ring (bicyclic) bond motifs is 2. The van der Waals surface area contributed by atoms with Crippen LogP contribution in [0.2, 0.25) is 0 Å². The average Bonchev–Trinajstić information content (AvgIpc) is 2.27. The molecule has 0 saturated carbocycles. The molecule has 0 unspecified atom stereocenters. The van der Waals surface area contributed by atoms with Crippen molar-refractivity contribution in [3.8, 4) is 0 Å². The van der Waals surface area contributed by atoms with Crippen molar-refractivity contribution in [1.29, 1.82) is 0 Å². The van der Waals surface area contributed by atoms with Crippen molar-refractivity contribution in [2.24, 2.45) is 0 Å². The Kier molecular flexibility index (Phi) is 1.82. The third-order valence-corrected chi connectivity index (χ3v) is 2.26. The average molecular weight is 244 g/mol. The molecule has 18 heavy (non-hydrogen) atoms. The van der Waals surface area contributed by atoms with Gasteiger partial charge in [0, 0.05) is 0 Å². The molecule has 0 amide bonds. The highest BCUT2D eigenvalue weighted by atomic mass is 15.1. The van der Waals surface area contributed by atoms with Gasteiger partial charge in [0.1, 0.15) is 0 Å². The number of hydrogen-bond donors (Lipinski definition) is 4. The standard InChI is InChI=1S/C8H8N10/c9-3-1-5(17-7(11)15-3)14-2-4(10)16-8(12)18-6(2)13-1/h(H4,10,12,13,16,18)(H4,9,11,14,15,17). The third-order valence-electron chi connectivity index (χ3n) is 2.26. The molecule has 0 aliphatic rings. The van der Waals surface area contributed by atoms with E-state index in [1.165, 1.54) is 0 Å². The number of nitrogen functional groups attached to an aromatic ring is 4. The van der Waals surface area contributed by atoms with Gasteiger partial charge in [-0.2, -0.15) is 19.9 Å². The monoisotopic (exact) mass is 244 g/mol. The van der Waals surface area contributed by atoms with Crippen LogP contribution in [0.25, 0.3) is 22.3 Å². The predicted octanol–water partition coefficient (Wildman–Crippen LogP) is -1.31. The van der Waals surface area contributed by atoms with E-state index in [-0.39, 0.29) is 45.9 Å². The summed E-state index contributed by atoms with van der Waals surface area (Å²) in [7, 11) is 0. The van der Waals surface area contributed by atoms with Gasteiger partial charge in [-0.15, -0.1) is 0 Å². The Bertz CT molecular complexity index is 714. The third kappa shape index (κ3) is 1.36. The maximum atomic E-state index is 5.68. The summed E-state index contributed by atoms with van der Waals surface area (Å²) in [4.78, 5) is 23.7. The summed E-state index contributed by atoms with van der Waals surface area (Å²) in [5, 5.41) is 0. The zero-order chi connectivity index (χ0) is 12.9. The van der Waals surface area contributed by atoms with E-state index in [1.807, 2.05) is 0 Å². The minimum Gasteiger partial charge on any atom is -0.382 e. The second kappa shape index (κ2) is 3.23. The molecule has 0 aromatic carbocycles. The van der Waals surface area contributed by atoms with E-state index < -0.39 is 0 Å². The maximum Gasteiger partial charge on any atom is 0.224 e. The van der Waals surface area contributed by atoms with Crippen LogP contribution in [0.4, 0.5) is 23.5 Å². The Morgan fingerprint density at radius 1 is 0.500 bits per heavy atom. The van der Waals surface area contributed by atoms with Crippen molar-refractivity contribution in [3.05, 3.63) is 0 Å². The highest BCUT2D eigenvalue weighted by Gasteiger charge is 2.12. The topological polar surface area (TPSA) is 181 Å². The first-order valence-corrected chi connectivity index (χ1v) is 4.84. The molecular weight excluding hydrogens is 236 g/mol. The number of anilines is 4. The van der Waals surface area contributed by atoms with Crippen LogP contribution in [0.15, 0.2) is 0 Å². The Morgan fingerprint density at radius 2 is 0.889 bits per heavy atom. The fourth-order valence-corrected chi connectivity index (χ4v) is 1.54. The van der Waals surface area contributed by atoms with Crippen LogP contribution in [0.3, 0.4) is 0 Å². The molecule has 0 saturated heterocycles. The Labute approximate surface area is 99.5 Å². The molecule has 3 rings (SSSR count). The Hall–Kier alpha value is -3.04. The van der Waals surface area contributed by atoms with Gasteiger partial charge in [-0.1, -0.05) is 0 Å². The van der Waals surface area contributed by atoms with Gasteiger partial charge >= 0.3 is 0 Å². The molecule has 0 radical (unpaired) electrons. The Morgan fingerprint density at radius 3 is 1.28 bits per heavy atom. The first-order chi connectivity index (χ1) is 8.54. The summed E-state index contributed by atoms with van der Waals surface area (Å²) in [6, 6.07) is 0. The lowest BCUT2D eigenvalue weighted by Crippen LogP contribution is -2.07. The van der Waals surface area contributed by atoms with Crippen molar-refractivity contribution in [3.63, 3.8) is 0 Å². The minimum absolute atomic E-state index is 0.00332. The highest BCUT2D eigenvalue weighted by molar-refractivity contribution is 5.92. The fourth-order valence-electron chi connectivity index (χ4n) is 1.54. The molecule has 10 heteroatoms. The van der Waals surface area contributed by atoms with Gasteiger partial charge in [-0.25, -0.2) is 9.97 Å². The van der Waals surface area contributed by atoms with Crippen LogP contribution in [-0.2, 0) is 0 Å². The quantitative estimate of drug-likeness (QED) is 0.346. The largest absolute Gasteiger partial charge is 0.382 e. The summed E-state index contributed by atoms with van der Waals surface area (Å²) in [6.45, 7) is 0. The van der Waals surface area contributed by atoms with Crippen LogP contribution in [-0.4, -0.2) is 29.9 Å². The first kappa shape index (κ1) is 10.1. The van der Waals surface area contributed by atoms with Gasteiger partial charge in [-0.05, 0) is 0 Å². The van der Waals surface area contributed by atoms with E-state index >= 15 is 0 Å². The van der Waals surface area contributed by atoms with Crippen molar-refractivity contribution in [1.82, 2.24) is 29.9 Å². The van der Waals surface area contributed by atoms with Gasteiger partial charge in [0.25, 0.3) is 0 Å². The normalized spacial score (nSPS) is 11.1. The van der Waals surface area contributed by atoms with E-state index in [1.54, 1.807) is 0 Å². The molecule has 8 N–H and O–H groups in total. The van der Waals surface area contributed by atoms with Gasteiger partial charge in [0.05, 0.1) is 0 Å². The first-order valence-electron chi connectivity index (χ1n) is 4.84. The van der Waals surface area contributed by atoms with Crippen molar-refractivity contribution >= 4 is 45.9 Å². The zero-order valence-electron chi connectivity index (χ0n) is 8.99. The molecular formula is C8H8N10. The molecule has 0 bridgehead atoms. The zero-order valence-corrected chi connectivity index (χ0v) is 8.99. The number of nitrogens with two attached hydrogens (primary N) is 4. The maximum absolute atomic E-state index is 5.68. The molecule has 0 aliphatic carbocycles. The van der Waals surface area contributed by atoms with E-state index in [0.717, 1.165) is 0 Å². The molecule has 0 aliphatic heterocycles. The molecule has 10 nitrogen and oxygen atoms in total. The lowest BCUT2D eigenvalue weighted by atomic mass is 10.4. The smallest absolute Gasteiger partial charge is 0.224 e. The fraction of sp³-hybridized carbons (Fsp3) is 0. The number of aromatic nitrogens is 6. The number of rotatable bonds is 0. The Balaban J connectivity index is 2.51. The van der Waals surface area contributed by atoms with E-state index in [2.05, 4.69) is 29.9 Å². The van der Waals surface area contributed by atoms with Gasteiger partial charge in [0.15, 0.2) is 34.0 Å². The second-order valence-corrected chi connectivity index (χ2v) is 3.50. The lowest BCUT2D eigenvalue weighted by Gasteiger charge is -2.04. The second-order valence-electron chi connectivity index (χ2n) is 3.50. The van der Waals surface area contributed by atoms with Gasteiger partial charge in [-0.3, -0.25) is 0 Å². The number of hydrogen-bond acceptors (Lipinski definition) is 10. The van der Waals surface area contributed by atoms with Gasteiger partial charge < -0.3 is 22.9 Å². The molecule has 0 atom stereocenters. The summed E-state index contributed by atoms with van der Waals surface area (Å²) in [6.07, 6.45) is 0. The van der Waals surface area contributed by atoms with E-state index in [0.29, 0.717) is 0 Å². The van der Waals surface area contributed by atoms with E-state index in [4.69, 9.17) is 22.9 Å². The molecule has 3 aromatic rings. The summed E-state index contributed by atoms with van der Waals surface area (Å²) < 4.78 is 0. The van der Waals surface area contributed by atoms with Crippen LogP contribution in [0.5, 0.6) is 0 Å². The SMILES string of the molecule is Nc1nc(N)c2nc3nc(N)nc(N)c3nc2n1. The van der Waals surface area contributed by atoms with Crippen molar-refractivity contribution < 1.29 is 0 Å². The summed E-state index contributed by atoms with van der Waals surface area (Å²) in [5.41, 5.74) is 23.4. The summed E-state index contributed by atoms with van der Waals surface area (Å²) >= 11 is 0. The highest BCUT2D eigenvalue weighted by Crippen LogP contribution is 2.20. The van der Waals surface area contributed by atoms with Crippen LogP contribution in [0, 0.1) is 0 Å². The molecule has 3 aromatic heterocycles. The van der Waals surface area contributed by atoms with Crippen molar-refractivity contribution in [2.75, 3.05) is 22.9 Å². The lowest BCUT2D eigenvalue weighted by molar-refractivity contribution is 1.16. The van der Waals surface area contributed by atoms with Crippen LogP contribution < -0.4 is 22.9 Å². The molecule has 0 fully saturated rings. The molecule has 3 heterocycles. The summed E-state index contributed by atoms with van der Waals surface area (Å²) in [5.74, 6) is 0.234. The van der Waals surface area contributed by atoms with Crippen LogP contribution >= 0.6 is 0 Å². The van der Waals surface area contributed by atoms with Crippen LogP contribution in [0.1, 0.15) is 0 Å². The minimum atomic E-state index is 0.00332. The predicted molar refractivity (Wildman–Crippen MR) is 65.9 cm³/mol. The van der Waals surface area contributed by atoms with Gasteiger partial charge in [0.2, 0.25) is 11.9 Å². The van der Waals surface area contributed by atoms with Crippen molar-refractivity contribution in [2.45, 2.75) is 0 Å². The van der Waals surface area contributed by atoms with E-state index in [9.17, 15) is 0 Å². The molecule has 90 valence electrons. The number of nitrogens with zero attached hydrogens (tertiary/aromatic N) is 6. The molecule has 0 spiro atoms.